The minimum Gasteiger partial charge on any atom is -0.257 e. The molecule has 0 bridgehead atoms. The molecule has 0 N–H and O–H groups in total. The summed E-state index contributed by atoms with van der Waals surface area (Å²) in [5.74, 6) is 1.75. The Labute approximate surface area is 102 Å². The van der Waals surface area contributed by atoms with Gasteiger partial charge in [-0.15, -0.1) is 11.8 Å². The summed E-state index contributed by atoms with van der Waals surface area (Å²) < 4.78 is 0. The molecule has 3 heteroatoms. The molecule has 1 aromatic rings. The smallest absolute Gasteiger partial charge is 0.102 e. The number of aromatic nitrogens is 1. The maximum Gasteiger partial charge on any atom is 0.102 e. The van der Waals surface area contributed by atoms with Crippen molar-refractivity contribution in [3.8, 4) is 6.07 Å². The number of rotatable bonds is 4. The molecule has 1 unspecified atom stereocenters. The molecule has 16 heavy (non-hydrogen) atoms. The minimum atomic E-state index is 0.685. The Morgan fingerprint density at radius 1 is 1.50 bits per heavy atom. The Morgan fingerprint density at radius 3 is 2.75 bits per heavy atom. The van der Waals surface area contributed by atoms with Gasteiger partial charge in [-0.05, 0) is 25.8 Å². The van der Waals surface area contributed by atoms with Crippen LogP contribution in [-0.4, -0.2) is 10.7 Å². The number of hydrogen-bond acceptors (Lipinski definition) is 3. The van der Waals surface area contributed by atoms with E-state index < -0.39 is 0 Å². The maximum atomic E-state index is 9.11. The van der Waals surface area contributed by atoms with Crippen molar-refractivity contribution in [3.05, 3.63) is 23.0 Å². The fourth-order valence-electron chi connectivity index (χ4n) is 1.39. The summed E-state index contributed by atoms with van der Waals surface area (Å²) in [6.45, 7) is 8.31. The Bertz CT molecular complexity index is 407. The van der Waals surface area contributed by atoms with Crippen molar-refractivity contribution in [2.24, 2.45) is 5.92 Å². The molecule has 1 aromatic heterocycles. The maximum absolute atomic E-state index is 9.11. The Balaban J connectivity index is 2.91. The van der Waals surface area contributed by atoms with E-state index >= 15 is 0 Å². The molecular weight excluding hydrogens is 216 g/mol. The Kier molecular flexibility index (Phi) is 4.82. The number of pyridine rings is 1. The molecule has 0 aliphatic rings. The fourth-order valence-corrected chi connectivity index (χ4v) is 2.68. The van der Waals surface area contributed by atoms with Crippen LogP contribution < -0.4 is 0 Å². The van der Waals surface area contributed by atoms with E-state index in [0.717, 1.165) is 27.6 Å². The zero-order valence-electron chi connectivity index (χ0n) is 10.4. The third-order valence-electron chi connectivity index (χ3n) is 2.62. The molecule has 0 amide bonds. The van der Waals surface area contributed by atoms with Crippen molar-refractivity contribution >= 4 is 11.8 Å². The van der Waals surface area contributed by atoms with Crippen molar-refractivity contribution < 1.29 is 0 Å². The first kappa shape index (κ1) is 13.1. The zero-order valence-corrected chi connectivity index (χ0v) is 11.2. The summed E-state index contributed by atoms with van der Waals surface area (Å²) in [6.07, 6.45) is 1.18. The fraction of sp³-hybridized carbons (Fsp3) is 0.538. The van der Waals surface area contributed by atoms with Gasteiger partial charge in [-0.3, -0.25) is 4.98 Å². The minimum absolute atomic E-state index is 0.685. The van der Waals surface area contributed by atoms with Crippen LogP contribution in [0.1, 0.15) is 37.2 Å². The number of aryl methyl sites for hydroxylation is 2. The van der Waals surface area contributed by atoms with Crippen molar-refractivity contribution in [1.82, 2.24) is 4.98 Å². The molecule has 1 atom stereocenters. The van der Waals surface area contributed by atoms with Gasteiger partial charge in [0.05, 0.1) is 11.3 Å². The van der Waals surface area contributed by atoms with Gasteiger partial charge in [-0.1, -0.05) is 20.3 Å². The molecule has 1 rings (SSSR count). The van der Waals surface area contributed by atoms with Crippen molar-refractivity contribution in [1.29, 1.82) is 5.26 Å². The zero-order chi connectivity index (χ0) is 12.1. The number of nitriles is 1. The lowest BCUT2D eigenvalue weighted by molar-refractivity contribution is 0.637. The van der Waals surface area contributed by atoms with Crippen LogP contribution in [0.4, 0.5) is 0 Å². The van der Waals surface area contributed by atoms with Crippen LogP contribution >= 0.6 is 11.8 Å². The highest BCUT2D eigenvalue weighted by Crippen LogP contribution is 2.27. The van der Waals surface area contributed by atoms with Gasteiger partial charge in [0.25, 0.3) is 0 Å². The van der Waals surface area contributed by atoms with Gasteiger partial charge in [0.15, 0.2) is 0 Å². The third kappa shape index (κ3) is 3.24. The van der Waals surface area contributed by atoms with E-state index in [-0.39, 0.29) is 0 Å². The second-order valence-electron chi connectivity index (χ2n) is 4.16. The molecule has 2 nitrogen and oxygen atoms in total. The van der Waals surface area contributed by atoms with E-state index in [1.165, 1.54) is 6.42 Å². The van der Waals surface area contributed by atoms with Crippen LogP contribution in [0, 0.1) is 31.1 Å². The van der Waals surface area contributed by atoms with Gasteiger partial charge in [-0.25, -0.2) is 0 Å². The summed E-state index contributed by atoms with van der Waals surface area (Å²) in [6, 6.07) is 4.26. The highest BCUT2D eigenvalue weighted by molar-refractivity contribution is 7.99. The lowest BCUT2D eigenvalue weighted by Crippen LogP contribution is -1.98. The van der Waals surface area contributed by atoms with Gasteiger partial charge in [0.2, 0.25) is 0 Å². The normalized spacial score (nSPS) is 12.2. The summed E-state index contributed by atoms with van der Waals surface area (Å²) in [4.78, 5) is 5.39. The number of hydrogen-bond donors (Lipinski definition) is 0. The quantitative estimate of drug-likeness (QED) is 0.745. The molecule has 1 heterocycles. The van der Waals surface area contributed by atoms with E-state index in [2.05, 4.69) is 24.9 Å². The number of thioether (sulfide) groups is 1. The van der Waals surface area contributed by atoms with Gasteiger partial charge in [0, 0.05) is 16.3 Å². The van der Waals surface area contributed by atoms with Crippen LogP contribution in [0.15, 0.2) is 11.0 Å². The predicted molar refractivity (Wildman–Crippen MR) is 68.6 cm³/mol. The van der Waals surface area contributed by atoms with Gasteiger partial charge < -0.3 is 0 Å². The highest BCUT2D eigenvalue weighted by Gasteiger charge is 2.09. The van der Waals surface area contributed by atoms with Crippen LogP contribution in [0.5, 0.6) is 0 Å². The molecule has 0 aliphatic carbocycles. The van der Waals surface area contributed by atoms with Crippen molar-refractivity contribution in [3.63, 3.8) is 0 Å². The second-order valence-corrected chi connectivity index (χ2v) is 5.22. The van der Waals surface area contributed by atoms with E-state index in [4.69, 9.17) is 5.26 Å². The van der Waals surface area contributed by atoms with Gasteiger partial charge >= 0.3 is 0 Å². The third-order valence-corrected chi connectivity index (χ3v) is 3.99. The summed E-state index contributed by atoms with van der Waals surface area (Å²) in [7, 11) is 0. The molecule has 0 aliphatic heterocycles. The molecule has 0 saturated carbocycles. The van der Waals surface area contributed by atoms with Crippen molar-refractivity contribution in [2.45, 2.75) is 39.0 Å². The first-order chi connectivity index (χ1) is 7.58. The first-order valence-electron chi connectivity index (χ1n) is 5.59. The van der Waals surface area contributed by atoms with Gasteiger partial charge in [0.1, 0.15) is 6.07 Å². The largest absolute Gasteiger partial charge is 0.257 e. The lowest BCUT2D eigenvalue weighted by atomic mass is 10.2. The Morgan fingerprint density at radius 2 is 2.19 bits per heavy atom. The molecular formula is C13H18N2S. The molecule has 86 valence electrons. The number of nitrogens with zero attached hydrogens (tertiary/aromatic N) is 2. The molecule has 0 aromatic carbocycles. The average molecular weight is 234 g/mol. The summed E-state index contributed by atoms with van der Waals surface area (Å²) in [5.41, 5.74) is 2.57. The van der Waals surface area contributed by atoms with Crippen molar-refractivity contribution in [2.75, 3.05) is 5.75 Å². The molecule has 0 radical (unpaired) electrons. The van der Waals surface area contributed by atoms with Crippen LogP contribution in [0.3, 0.4) is 0 Å². The van der Waals surface area contributed by atoms with Crippen LogP contribution in [-0.2, 0) is 0 Å². The van der Waals surface area contributed by atoms with E-state index in [9.17, 15) is 0 Å². The van der Waals surface area contributed by atoms with E-state index in [1.807, 2.05) is 19.9 Å². The summed E-state index contributed by atoms with van der Waals surface area (Å²) in [5, 5.41) is 9.11. The topological polar surface area (TPSA) is 36.7 Å². The summed E-state index contributed by atoms with van der Waals surface area (Å²) >= 11 is 1.77. The second kappa shape index (κ2) is 5.91. The van der Waals surface area contributed by atoms with E-state index in [0.29, 0.717) is 5.92 Å². The molecule has 0 spiro atoms. The molecule has 0 saturated heterocycles. The highest BCUT2D eigenvalue weighted by atomic mass is 32.2. The Hall–Kier alpha value is -1.01. The van der Waals surface area contributed by atoms with Gasteiger partial charge in [-0.2, -0.15) is 5.26 Å². The van der Waals surface area contributed by atoms with Crippen LogP contribution in [0.25, 0.3) is 0 Å². The first-order valence-corrected chi connectivity index (χ1v) is 6.58. The van der Waals surface area contributed by atoms with E-state index in [1.54, 1.807) is 11.8 Å². The van der Waals surface area contributed by atoms with Crippen LogP contribution in [0.2, 0.25) is 0 Å². The SMILES string of the molecule is CCC(C)CSc1cc(C)nc(C)c1C#N. The average Bonchev–Trinajstić information content (AvgIpc) is 2.25. The molecule has 0 fully saturated rings. The lowest BCUT2D eigenvalue weighted by Gasteiger charge is -2.10. The monoisotopic (exact) mass is 234 g/mol. The predicted octanol–water partition coefficient (Wildman–Crippen LogP) is 3.71. The standard InChI is InChI=1S/C13H18N2S/c1-5-9(2)8-16-13-6-10(3)15-11(4)12(13)7-14/h6,9H,5,8H2,1-4H3.